The number of aliphatic imine (C=N–C) groups is 1. The standard InChI is InChI=1S/C18H12ClNO2S/c1-10-7-12-15(8-14(10)19)22-18-13(16(12)21)9-20-17(23-18)11-5-3-2-4-6-11/h2-9,18H,1H3. The molecule has 0 aromatic heterocycles. The fourth-order valence-corrected chi connectivity index (χ4v) is 3.76. The highest BCUT2D eigenvalue weighted by molar-refractivity contribution is 8.15. The summed E-state index contributed by atoms with van der Waals surface area (Å²) in [6, 6.07) is 13.4. The molecule has 0 saturated heterocycles. The number of hydrogen-bond acceptors (Lipinski definition) is 4. The molecule has 0 N–H and O–H groups in total. The minimum Gasteiger partial charge on any atom is -0.474 e. The summed E-state index contributed by atoms with van der Waals surface area (Å²) in [5.41, 5.74) is 2.61. The molecular weight excluding hydrogens is 330 g/mol. The van der Waals surface area contributed by atoms with E-state index in [1.807, 2.05) is 37.3 Å². The fraction of sp³-hybridized carbons (Fsp3) is 0.111. The predicted molar refractivity (Wildman–Crippen MR) is 93.6 cm³/mol. The van der Waals surface area contributed by atoms with Crippen LogP contribution < -0.4 is 4.74 Å². The first-order chi connectivity index (χ1) is 11.1. The number of aryl methyl sites for hydroxylation is 1. The van der Waals surface area contributed by atoms with Crippen molar-refractivity contribution in [2.75, 3.05) is 0 Å². The highest BCUT2D eigenvalue weighted by Gasteiger charge is 2.35. The van der Waals surface area contributed by atoms with Gasteiger partial charge in [0.15, 0.2) is 11.2 Å². The van der Waals surface area contributed by atoms with E-state index in [2.05, 4.69) is 4.99 Å². The molecule has 0 fully saturated rings. The van der Waals surface area contributed by atoms with E-state index in [-0.39, 0.29) is 11.2 Å². The Labute approximate surface area is 143 Å². The Morgan fingerprint density at radius 3 is 2.78 bits per heavy atom. The molecule has 2 aliphatic rings. The average molecular weight is 342 g/mol. The maximum Gasteiger partial charge on any atom is 0.198 e. The molecule has 0 bridgehead atoms. The van der Waals surface area contributed by atoms with Crippen LogP contribution in [0.5, 0.6) is 5.75 Å². The lowest BCUT2D eigenvalue weighted by Crippen LogP contribution is -2.30. The van der Waals surface area contributed by atoms with Crippen molar-refractivity contribution in [2.24, 2.45) is 4.99 Å². The summed E-state index contributed by atoms with van der Waals surface area (Å²) < 4.78 is 6.00. The number of thioether (sulfide) groups is 1. The van der Waals surface area contributed by atoms with Crippen LogP contribution in [-0.2, 0) is 0 Å². The van der Waals surface area contributed by atoms with Gasteiger partial charge in [-0.1, -0.05) is 53.7 Å². The van der Waals surface area contributed by atoms with Gasteiger partial charge in [0.2, 0.25) is 0 Å². The number of Topliss-reactive ketones (excluding diaryl/α,β-unsaturated/α-hetero) is 1. The summed E-state index contributed by atoms with van der Waals surface area (Å²) in [7, 11) is 0. The molecule has 1 atom stereocenters. The third-order valence-corrected chi connectivity index (χ3v) is 5.35. The van der Waals surface area contributed by atoms with Crippen LogP contribution >= 0.6 is 23.4 Å². The number of ether oxygens (including phenoxy) is 1. The summed E-state index contributed by atoms with van der Waals surface area (Å²) >= 11 is 7.60. The van der Waals surface area contributed by atoms with Crippen molar-refractivity contribution in [3.8, 4) is 5.75 Å². The molecule has 2 aliphatic heterocycles. The Kier molecular flexibility index (Phi) is 3.51. The van der Waals surface area contributed by atoms with Crippen LogP contribution in [0.2, 0.25) is 5.02 Å². The number of carbonyl (C=O) groups is 1. The van der Waals surface area contributed by atoms with Gasteiger partial charge in [0, 0.05) is 16.8 Å². The molecule has 0 spiro atoms. The molecule has 0 saturated carbocycles. The number of nitrogens with zero attached hydrogens (tertiary/aromatic N) is 1. The molecule has 1 unspecified atom stereocenters. The quantitative estimate of drug-likeness (QED) is 0.759. The van der Waals surface area contributed by atoms with Gasteiger partial charge in [0.1, 0.15) is 10.8 Å². The van der Waals surface area contributed by atoms with Gasteiger partial charge in [-0.2, -0.15) is 0 Å². The van der Waals surface area contributed by atoms with Crippen molar-refractivity contribution in [3.63, 3.8) is 0 Å². The zero-order valence-electron chi connectivity index (χ0n) is 12.2. The third-order valence-electron chi connectivity index (χ3n) is 3.82. The molecule has 0 radical (unpaired) electrons. The minimum atomic E-state index is -0.388. The maximum atomic E-state index is 12.7. The van der Waals surface area contributed by atoms with Gasteiger partial charge < -0.3 is 4.74 Å². The van der Waals surface area contributed by atoms with E-state index < -0.39 is 0 Å². The number of ketones is 1. The van der Waals surface area contributed by atoms with Crippen molar-refractivity contribution in [1.82, 2.24) is 0 Å². The van der Waals surface area contributed by atoms with E-state index in [0.717, 1.165) is 16.2 Å². The summed E-state index contributed by atoms with van der Waals surface area (Å²) in [5, 5.41) is 1.44. The minimum absolute atomic E-state index is 0.0422. The Bertz CT molecular complexity index is 874. The molecule has 2 aromatic carbocycles. The number of benzene rings is 2. The highest BCUT2D eigenvalue weighted by Crippen LogP contribution is 2.40. The van der Waals surface area contributed by atoms with Crippen molar-refractivity contribution in [1.29, 1.82) is 0 Å². The summed E-state index contributed by atoms with van der Waals surface area (Å²) in [4.78, 5) is 17.1. The average Bonchev–Trinajstić information content (AvgIpc) is 2.57. The van der Waals surface area contributed by atoms with E-state index in [9.17, 15) is 4.79 Å². The molecule has 3 nitrogen and oxygen atoms in total. The van der Waals surface area contributed by atoms with Crippen molar-refractivity contribution >= 4 is 34.2 Å². The Morgan fingerprint density at radius 2 is 2.00 bits per heavy atom. The summed E-state index contributed by atoms with van der Waals surface area (Å²) in [6.07, 6.45) is 1.62. The SMILES string of the molecule is Cc1cc2c(cc1Cl)OC1SC(c3ccccc3)=NC=C1C2=O. The topological polar surface area (TPSA) is 38.7 Å². The second-order valence-electron chi connectivity index (χ2n) is 5.38. The number of halogens is 1. The van der Waals surface area contributed by atoms with Crippen LogP contribution in [0, 0.1) is 6.92 Å². The van der Waals surface area contributed by atoms with Crippen molar-refractivity contribution < 1.29 is 9.53 Å². The molecule has 23 heavy (non-hydrogen) atoms. The summed E-state index contributed by atoms with van der Waals surface area (Å²) in [6.45, 7) is 1.87. The lowest BCUT2D eigenvalue weighted by Gasteiger charge is -2.29. The second kappa shape index (κ2) is 5.55. The zero-order chi connectivity index (χ0) is 16.0. The van der Waals surface area contributed by atoms with E-state index in [0.29, 0.717) is 21.9 Å². The van der Waals surface area contributed by atoms with Crippen LogP contribution in [0.4, 0.5) is 0 Å². The van der Waals surface area contributed by atoms with Crippen LogP contribution in [0.1, 0.15) is 21.5 Å². The molecule has 2 aromatic rings. The molecular formula is C18H12ClNO2S. The molecule has 2 heterocycles. The van der Waals surface area contributed by atoms with E-state index >= 15 is 0 Å². The van der Waals surface area contributed by atoms with Crippen LogP contribution in [-0.4, -0.2) is 16.3 Å². The van der Waals surface area contributed by atoms with Crippen LogP contribution in [0.3, 0.4) is 0 Å². The number of fused-ring (bicyclic) bond motifs is 2. The van der Waals surface area contributed by atoms with Gasteiger partial charge in [-0.25, -0.2) is 4.99 Å². The first-order valence-electron chi connectivity index (χ1n) is 7.15. The number of carbonyl (C=O) groups excluding carboxylic acids is 1. The normalized spacial score (nSPS) is 19.2. The Morgan fingerprint density at radius 1 is 1.22 bits per heavy atom. The van der Waals surface area contributed by atoms with Crippen molar-refractivity contribution in [3.05, 3.63) is 76.0 Å². The Balaban J connectivity index is 1.75. The first-order valence-corrected chi connectivity index (χ1v) is 8.40. The monoisotopic (exact) mass is 341 g/mol. The zero-order valence-corrected chi connectivity index (χ0v) is 13.8. The molecule has 4 rings (SSSR count). The van der Waals surface area contributed by atoms with Gasteiger partial charge >= 0.3 is 0 Å². The van der Waals surface area contributed by atoms with Crippen LogP contribution in [0.25, 0.3) is 0 Å². The Hall–Kier alpha value is -2.04. The fourth-order valence-electron chi connectivity index (χ4n) is 2.57. The molecule has 5 heteroatoms. The van der Waals surface area contributed by atoms with E-state index in [4.69, 9.17) is 16.3 Å². The molecule has 114 valence electrons. The van der Waals surface area contributed by atoms with Gasteiger partial charge in [-0.05, 0) is 24.6 Å². The molecule has 0 amide bonds. The predicted octanol–water partition coefficient (Wildman–Crippen LogP) is 4.63. The van der Waals surface area contributed by atoms with Gasteiger partial charge in [0.05, 0.1) is 11.1 Å². The first kappa shape index (κ1) is 14.5. The summed E-state index contributed by atoms with van der Waals surface area (Å²) in [5.74, 6) is 0.494. The lowest BCUT2D eigenvalue weighted by atomic mass is 9.99. The van der Waals surface area contributed by atoms with E-state index in [1.54, 1.807) is 18.3 Å². The number of rotatable bonds is 1. The van der Waals surface area contributed by atoms with Crippen molar-refractivity contribution in [2.45, 2.75) is 12.4 Å². The van der Waals surface area contributed by atoms with Crippen LogP contribution in [0.15, 0.2) is 59.2 Å². The van der Waals surface area contributed by atoms with Gasteiger partial charge in [-0.15, -0.1) is 0 Å². The van der Waals surface area contributed by atoms with E-state index in [1.165, 1.54) is 11.8 Å². The maximum absolute atomic E-state index is 12.7. The van der Waals surface area contributed by atoms with Gasteiger partial charge in [0.25, 0.3) is 0 Å². The lowest BCUT2D eigenvalue weighted by molar-refractivity contribution is 0.0991. The molecule has 0 aliphatic carbocycles. The van der Waals surface area contributed by atoms with Gasteiger partial charge in [-0.3, -0.25) is 4.79 Å². The third kappa shape index (κ3) is 2.48. The highest BCUT2D eigenvalue weighted by atomic mass is 35.5. The number of hydrogen-bond donors (Lipinski definition) is 0. The smallest absolute Gasteiger partial charge is 0.198 e. The largest absolute Gasteiger partial charge is 0.474 e. The second-order valence-corrected chi connectivity index (χ2v) is 6.84.